The average Bonchev–Trinajstić information content (AvgIpc) is 2.57. The molecule has 0 radical (unpaired) electrons. The Labute approximate surface area is 104 Å². The molecule has 1 fully saturated rings. The molecule has 1 saturated carbocycles. The van der Waals surface area contributed by atoms with Gasteiger partial charge in [-0.15, -0.1) is 0 Å². The molecular formula is C16H22O. The molecule has 1 aromatic rings. The van der Waals surface area contributed by atoms with Gasteiger partial charge in [0.1, 0.15) is 0 Å². The second kappa shape index (κ2) is 4.64. The molecule has 0 bridgehead atoms. The van der Waals surface area contributed by atoms with Crippen molar-refractivity contribution in [2.75, 3.05) is 0 Å². The lowest BCUT2D eigenvalue weighted by Crippen LogP contribution is -2.25. The van der Waals surface area contributed by atoms with Crippen molar-refractivity contribution in [2.45, 2.75) is 40.0 Å². The van der Waals surface area contributed by atoms with Crippen LogP contribution in [0.3, 0.4) is 0 Å². The zero-order valence-corrected chi connectivity index (χ0v) is 11.1. The molecule has 0 aromatic heterocycles. The van der Waals surface area contributed by atoms with Gasteiger partial charge in [-0.05, 0) is 30.1 Å². The highest BCUT2D eigenvalue weighted by Crippen LogP contribution is 2.48. The maximum Gasteiger partial charge on any atom is 0.163 e. The van der Waals surface area contributed by atoms with E-state index >= 15 is 0 Å². The zero-order valence-electron chi connectivity index (χ0n) is 11.1. The normalized spacial score (nSPS) is 27.0. The molecule has 1 heteroatoms. The maximum absolute atomic E-state index is 12.2. The van der Waals surface area contributed by atoms with Crippen LogP contribution in [-0.2, 0) is 0 Å². The number of carbonyl (C=O) groups is 1. The van der Waals surface area contributed by atoms with Crippen LogP contribution in [-0.4, -0.2) is 5.78 Å². The Kier molecular flexibility index (Phi) is 3.37. The Hall–Kier alpha value is -1.11. The van der Waals surface area contributed by atoms with Crippen molar-refractivity contribution >= 4 is 5.78 Å². The molecule has 92 valence electrons. The summed E-state index contributed by atoms with van der Waals surface area (Å²) in [5, 5.41) is 0. The van der Waals surface area contributed by atoms with Gasteiger partial charge in [-0.25, -0.2) is 0 Å². The summed E-state index contributed by atoms with van der Waals surface area (Å²) in [6, 6.07) is 9.69. The molecule has 0 N–H and O–H groups in total. The van der Waals surface area contributed by atoms with Crippen molar-refractivity contribution in [2.24, 2.45) is 17.3 Å². The van der Waals surface area contributed by atoms with Crippen LogP contribution < -0.4 is 0 Å². The summed E-state index contributed by atoms with van der Waals surface area (Å²) in [6.45, 7) is 6.94. The summed E-state index contributed by atoms with van der Waals surface area (Å²) in [6.07, 6.45) is 3.17. The van der Waals surface area contributed by atoms with Gasteiger partial charge in [-0.2, -0.15) is 0 Å². The fourth-order valence-corrected chi connectivity index (χ4v) is 2.93. The number of ketones is 1. The quantitative estimate of drug-likeness (QED) is 0.706. The lowest BCUT2D eigenvalue weighted by molar-refractivity contribution is 0.0909. The Balaban J connectivity index is 2.06. The maximum atomic E-state index is 12.2. The molecular weight excluding hydrogens is 208 g/mol. The largest absolute Gasteiger partial charge is 0.294 e. The van der Waals surface area contributed by atoms with Crippen LogP contribution >= 0.6 is 0 Å². The third kappa shape index (κ3) is 2.43. The van der Waals surface area contributed by atoms with E-state index in [1.54, 1.807) is 0 Å². The van der Waals surface area contributed by atoms with Crippen molar-refractivity contribution in [3.05, 3.63) is 35.9 Å². The van der Waals surface area contributed by atoms with Gasteiger partial charge in [0.15, 0.2) is 5.78 Å². The molecule has 0 unspecified atom stereocenters. The molecule has 1 aliphatic carbocycles. The monoisotopic (exact) mass is 230 g/mol. The van der Waals surface area contributed by atoms with Gasteiger partial charge in [0.25, 0.3) is 0 Å². The summed E-state index contributed by atoms with van der Waals surface area (Å²) in [4.78, 5) is 12.2. The van der Waals surface area contributed by atoms with Gasteiger partial charge in [-0.1, -0.05) is 51.1 Å². The molecule has 0 heterocycles. The van der Waals surface area contributed by atoms with E-state index in [4.69, 9.17) is 0 Å². The van der Waals surface area contributed by atoms with E-state index in [2.05, 4.69) is 20.8 Å². The summed E-state index contributed by atoms with van der Waals surface area (Å²) < 4.78 is 0. The molecule has 1 aliphatic rings. The van der Waals surface area contributed by atoms with Gasteiger partial charge in [0, 0.05) is 12.0 Å². The van der Waals surface area contributed by atoms with Gasteiger partial charge >= 0.3 is 0 Å². The Morgan fingerprint density at radius 1 is 1.24 bits per heavy atom. The van der Waals surface area contributed by atoms with Crippen molar-refractivity contribution in [1.82, 2.24) is 0 Å². The van der Waals surface area contributed by atoms with Gasteiger partial charge in [0.2, 0.25) is 0 Å². The number of Topliss-reactive ketones (excluding diaryl/α,β-unsaturated/α-hetero) is 1. The minimum absolute atomic E-state index is 0.303. The second-order valence-corrected chi connectivity index (χ2v) is 5.99. The zero-order chi connectivity index (χ0) is 12.5. The number of hydrogen-bond donors (Lipinski definition) is 0. The van der Waals surface area contributed by atoms with Crippen LogP contribution in [0.4, 0.5) is 0 Å². The van der Waals surface area contributed by atoms with E-state index in [0.717, 1.165) is 11.5 Å². The average molecular weight is 230 g/mol. The molecule has 0 amide bonds. The molecule has 0 saturated heterocycles. The number of hydrogen-bond acceptors (Lipinski definition) is 1. The van der Waals surface area contributed by atoms with E-state index in [1.165, 1.54) is 12.8 Å². The number of carbonyl (C=O) groups excluding carboxylic acids is 1. The summed E-state index contributed by atoms with van der Waals surface area (Å²) in [7, 11) is 0. The van der Waals surface area contributed by atoms with Crippen LogP contribution in [0.25, 0.3) is 0 Å². The third-order valence-corrected chi connectivity index (χ3v) is 4.80. The summed E-state index contributed by atoms with van der Waals surface area (Å²) >= 11 is 0. The Bertz CT molecular complexity index is 391. The fourth-order valence-electron chi connectivity index (χ4n) is 2.93. The van der Waals surface area contributed by atoms with Crippen LogP contribution in [0.15, 0.2) is 30.3 Å². The molecule has 1 nitrogen and oxygen atoms in total. The van der Waals surface area contributed by atoms with E-state index in [9.17, 15) is 4.79 Å². The van der Waals surface area contributed by atoms with Crippen molar-refractivity contribution in [1.29, 1.82) is 0 Å². The van der Waals surface area contributed by atoms with Crippen LogP contribution in [0, 0.1) is 17.3 Å². The van der Waals surface area contributed by atoms with Crippen molar-refractivity contribution in [3.8, 4) is 0 Å². The van der Waals surface area contributed by atoms with Crippen LogP contribution in [0.1, 0.15) is 50.4 Å². The minimum Gasteiger partial charge on any atom is -0.294 e. The Morgan fingerprint density at radius 2 is 1.88 bits per heavy atom. The lowest BCUT2D eigenvalue weighted by atomic mass is 9.74. The third-order valence-electron chi connectivity index (χ3n) is 4.80. The minimum atomic E-state index is 0.303. The molecule has 17 heavy (non-hydrogen) atoms. The first-order valence-corrected chi connectivity index (χ1v) is 6.60. The highest BCUT2D eigenvalue weighted by molar-refractivity contribution is 5.96. The van der Waals surface area contributed by atoms with Crippen molar-refractivity contribution < 1.29 is 4.79 Å². The van der Waals surface area contributed by atoms with Crippen LogP contribution in [0.5, 0.6) is 0 Å². The molecule has 0 aliphatic heterocycles. The molecule has 1 aromatic carbocycles. The number of rotatable bonds is 3. The first-order chi connectivity index (χ1) is 8.01. The standard InChI is InChI=1S/C16H22O/c1-12-9-10-14(16(12,2)3)11-15(17)13-7-5-4-6-8-13/h4-8,12,14H,9-11H2,1-3H3/t12-,14+/m0/s1. The molecule has 2 rings (SSSR count). The first kappa shape index (κ1) is 12.3. The predicted molar refractivity (Wildman–Crippen MR) is 71.1 cm³/mol. The predicted octanol–water partition coefficient (Wildman–Crippen LogP) is 4.33. The van der Waals surface area contributed by atoms with Gasteiger partial charge in [0.05, 0.1) is 0 Å². The smallest absolute Gasteiger partial charge is 0.163 e. The van der Waals surface area contributed by atoms with Crippen LogP contribution in [0.2, 0.25) is 0 Å². The second-order valence-electron chi connectivity index (χ2n) is 5.99. The Morgan fingerprint density at radius 3 is 2.41 bits per heavy atom. The van der Waals surface area contributed by atoms with Gasteiger partial charge in [-0.3, -0.25) is 4.79 Å². The highest BCUT2D eigenvalue weighted by Gasteiger charge is 2.40. The first-order valence-electron chi connectivity index (χ1n) is 6.60. The van der Waals surface area contributed by atoms with E-state index in [1.807, 2.05) is 30.3 Å². The summed E-state index contributed by atoms with van der Waals surface area (Å²) in [5.41, 5.74) is 1.17. The summed E-state index contributed by atoms with van der Waals surface area (Å²) in [5.74, 6) is 1.58. The lowest BCUT2D eigenvalue weighted by Gasteiger charge is -2.30. The van der Waals surface area contributed by atoms with Crippen molar-refractivity contribution in [3.63, 3.8) is 0 Å². The number of benzene rings is 1. The van der Waals surface area contributed by atoms with Gasteiger partial charge < -0.3 is 0 Å². The SMILES string of the molecule is C[C@H]1CC[C@H](CC(=O)c2ccccc2)C1(C)C. The highest BCUT2D eigenvalue weighted by atomic mass is 16.1. The molecule has 0 spiro atoms. The van der Waals surface area contributed by atoms with E-state index in [0.29, 0.717) is 23.5 Å². The van der Waals surface area contributed by atoms with E-state index < -0.39 is 0 Å². The van der Waals surface area contributed by atoms with E-state index in [-0.39, 0.29) is 0 Å². The fraction of sp³-hybridized carbons (Fsp3) is 0.562. The topological polar surface area (TPSA) is 17.1 Å². The molecule has 2 atom stereocenters.